The van der Waals surface area contributed by atoms with E-state index in [1.54, 1.807) is 0 Å². The lowest BCUT2D eigenvalue weighted by molar-refractivity contribution is 0.178. The van der Waals surface area contributed by atoms with E-state index in [0.29, 0.717) is 11.0 Å². The molecule has 0 saturated heterocycles. The maximum absolute atomic E-state index is 5.27. The molecular weight excluding hydrogens is 224 g/mol. The molecule has 0 heterocycles. The van der Waals surface area contributed by atoms with E-state index >= 15 is 0 Å². The van der Waals surface area contributed by atoms with Gasteiger partial charge in [0.25, 0.3) is 0 Å². The number of hydrogen-bond acceptors (Lipinski definition) is 2. The van der Waals surface area contributed by atoms with Crippen molar-refractivity contribution in [3.05, 3.63) is 35.9 Å². The van der Waals surface area contributed by atoms with E-state index in [1.807, 2.05) is 6.07 Å². The first-order valence-electron chi connectivity index (χ1n) is 4.89. The van der Waals surface area contributed by atoms with Crippen molar-refractivity contribution in [1.29, 1.82) is 0 Å². The van der Waals surface area contributed by atoms with Crippen LogP contribution in [0.15, 0.2) is 30.3 Å². The molecule has 0 bridgehead atoms. The van der Waals surface area contributed by atoms with Crippen molar-refractivity contribution in [2.24, 2.45) is 5.41 Å². The summed E-state index contributed by atoms with van der Waals surface area (Å²) in [6.45, 7) is 4.92. The van der Waals surface area contributed by atoms with Gasteiger partial charge in [0.1, 0.15) is 0 Å². The van der Waals surface area contributed by atoms with Crippen LogP contribution in [0.5, 0.6) is 0 Å². The number of benzene rings is 1. The van der Waals surface area contributed by atoms with Crippen LogP contribution in [0.4, 0.5) is 0 Å². The van der Waals surface area contributed by atoms with Crippen LogP contribution in [-0.2, 0) is 11.2 Å². The summed E-state index contributed by atoms with van der Waals surface area (Å²) >= 11 is 8.72. The first-order chi connectivity index (χ1) is 6.99. The van der Waals surface area contributed by atoms with Crippen LogP contribution in [0.2, 0.25) is 0 Å². The summed E-state index contributed by atoms with van der Waals surface area (Å²) in [4.78, 5) is 0. The molecule has 15 heavy (non-hydrogen) atoms. The minimum Gasteiger partial charge on any atom is -0.478 e. The van der Waals surface area contributed by atoms with Crippen LogP contribution in [-0.4, -0.2) is 11.0 Å². The smallest absolute Gasteiger partial charge is 0.216 e. The fourth-order valence-corrected chi connectivity index (χ4v) is 1.58. The van der Waals surface area contributed by atoms with E-state index in [2.05, 4.69) is 50.7 Å². The molecule has 0 aromatic heterocycles. The van der Waals surface area contributed by atoms with E-state index < -0.39 is 0 Å². The zero-order chi connectivity index (χ0) is 11.3. The highest BCUT2D eigenvalue weighted by atomic mass is 32.1. The molecule has 0 aliphatic rings. The van der Waals surface area contributed by atoms with E-state index in [0.717, 1.165) is 6.42 Å². The van der Waals surface area contributed by atoms with Gasteiger partial charge in [-0.05, 0) is 24.2 Å². The van der Waals surface area contributed by atoms with Crippen molar-refractivity contribution in [3.63, 3.8) is 0 Å². The lowest BCUT2D eigenvalue weighted by Gasteiger charge is -2.24. The van der Waals surface area contributed by atoms with E-state index in [-0.39, 0.29) is 5.41 Å². The minimum atomic E-state index is 0.0775. The molecule has 0 spiro atoms. The molecule has 1 aromatic carbocycles. The van der Waals surface area contributed by atoms with Crippen LogP contribution in [0.25, 0.3) is 0 Å². The van der Waals surface area contributed by atoms with E-state index in [9.17, 15) is 0 Å². The van der Waals surface area contributed by atoms with Crippen molar-refractivity contribution in [2.45, 2.75) is 20.3 Å². The van der Waals surface area contributed by atoms with Crippen molar-refractivity contribution in [3.8, 4) is 0 Å². The standard InChI is InChI=1S/C12H16OS2/c1-12(2,9-13-11(14)15)8-10-6-4-3-5-7-10/h3-7H,8-9H2,1-2H3,(H,14,15). The van der Waals surface area contributed by atoms with Gasteiger partial charge in [-0.25, -0.2) is 0 Å². The van der Waals surface area contributed by atoms with Crippen molar-refractivity contribution in [1.82, 2.24) is 0 Å². The summed E-state index contributed by atoms with van der Waals surface area (Å²) in [6, 6.07) is 10.4. The first-order valence-corrected chi connectivity index (χ1v) is 5.75. The van der Waals surface area contributed by atoms with Gasteiger partial charge in [0.15, 0.2) is 0 Å². The van der Waals surface area contributed by atoms with Crippen LogP contribution < -0.4 is 0 Å². The molecule has 0 amide bonds. The van der Waals surface area contributed by atoms with Crippen molar-refractivity contribution >= 4 is 29.2 Å². The van der Waals surface area contributed by atoms with Gasteiger partial charge in [0, 0.05) is 5.41 Å². The number of thiol groups is 1. The maximum Gasteiger partial charge on any atom is 0.216 e. The molecule has 1 aromatic rings. The fourth-order valence-electron chi connectivity index (χ4n) is 1.46. The summed E-state index contributed by atoms with van der Waals surface area (Å²) in [5.74, 6) is 0. The van der Waals surface area contributed by atoms with Crippen LogP contribution in [0.1, 0.15) is 19.4 Å². The van der Waals surface area contributed by atoms with Gasteiger partial charge in [-0.2, -0.15) is 0 Å². The van der Waals surface area contributed by atoms with Crippen LogP contribution in [0.3, 0.4) is 0 Å². The third kappa shape index (κ3) is 5.19. The largest absolute Gasteiger partial charge is 0.478 e. The molecule has 0 N–H and O–H groups in total. The lowest BCUT2D eigenvalue weighted by atomic mass is 9.87. The molecular formula is C12H16OS2. The summed E-state index contributed by atoms with van der Waals surface area (Å²) in [7, 11) is 0. The molecule has 1 rings (SSSR count). The Labute approximate surface area is 102 Å². The SMILES string of the molecule is CC(C)(COC(=S)S)Cc1ccccc1. The topological polar surface area (TPSA) is 9.23 Å². The average Bonchev–Trinajstić information content (AvgIpc) is 2.16. The van der Waals surface area contributed by atoms with Gasteiger partial charge >= 0.3 is 0 Å². The third-order valence-electron chi connectivity index (χ3n) is 2.11. The molecule has 3 heteroatoms. The van der Waals surface area contributed by atoms with E-state index in [1.165, 1.54) is 5.56 Å². The number of thiocarbonyl (C=S) groups is 1. The lowest BCUT2D eigenvalue weighted by Crippen LogP contribution is -2.22. The Morgan fingerprint density at radius 2 is 1.93 bits per heavy atom. The molecule has 0 atom stereocenters. The van der Waals surface area contributed by atoms with E-state index in [4.69, 9.17) is 17.0 Å². The Kier molecular flexibility index (Phi) is 4.61. The molecule has 0 unspecified atom stereocenters. The molecule has 0 aliphatic carbocycles. The Balaban J connectivity index is 2.52. The van der Waals surface area contributed by atoms with Crippen LogP contribution in [0, 0.1) is 5.41 Å². The Bertz CT molecular complexity index is 320. The monoisotopic (exact) mass is 240 g/mol. The molecule has 1 nitrogen and oxygen atoms in total. The fraction of sp³-hybridized carbons (Fsp3) is 0.417. The van der Waals surface area contributed by atoms with Crippen molar-refractivity contribution < 1.29 is 4.74 Å². The average molecular weight is 240 g/mol. The summed E-state index contributed by atoms with van der Waals surface area (Å²) in [5, 5.41) is 0. The van der Waals surface area contributed by atoms with Crippen LogP contribution >= 0.6 is 24.8 Å². The summed E-state index contributed by atoms with van der Waals surface area (Å²) < 4.78 is 5.59. The van der Waals surface area contributed by atoms with Gasteiger partial charge < -0.3 is 4.74 Å². The Morgan fingerprint density at radius 3 is 2.47 bits per heavy atom. The predicted molar refractivity (Wildman–Crippen MR) is 71.5 cm³/mol. The third-order valence-corrected chi connectivity index (χ3v) is 2.36. The summed E-state index contributed by atoms with van der Waals surface area (Å²) in [5.41, 5.74) is 1.39. The molecule has 0 saturated carbocycles. The Hall–Kier alpha value is -0.540. The number of hydrogen-bond donors (Lipinski definition) is 1. The minimum absolute atomic E-state index is 0.0775. The number of rotatable bonds is 4. The Morgan fingerprint density at radius 1 is 1.33 bits per heavy atom. The predicted octanol–water partition coefficient (Wildman–Crippen LogP) is 3.49. The second-order valence-electron chi connectivity index (χ2n) is 4.38. The molecule has 0 radical (unpaired) electrons. The van der Waals surface area contributed by atoms with Gasteiger partial charge in [0.05, 0.1) is 6.61 Å². The highest BCUT2D eigenvalue weighted by Crippen LogP contribution is 2.22. The van der Waals surface area contributed by atoms with Crippen molar-refractivity contribution in [2.75, 3.05) is 6.61 Å². The van der Waals surface area contributed by atoms with Gasteiger partial charge in [-0.15, -0.1) is 0 Å². The normalized spacial score (nSPS) is 11.1. The second-order valence-corrected chi connectivity index (χ2v) is 5.46. The number of ether oxygens (including phenoxy) is 1. The zero-order valence-electron chi connectivity index (χ0n) is 9.06. The quantitative estimate of drug-likeness (QED) is 0.637. The molecule has 0 fully saturated rings. The van der Waals surface area contributed by atoms with Gasteiger partial charge in [-0.3, -0.25) is 0 Å². The molecule has 0 aliphatic heterocycles. The second kappa shape index (κ2) is 5.52. The highest BCUT2D eigenvalue weighted by Gasteiger charge is 2.19. The maximum atomic E-state index is 5.27. The highest BCUT2D eigenvalue weighted by molar-refractivity contribution is 8.10. The zero-order valence-corrected chi connectivity index (χ0v) is 10.8. The van der Waals surface area contributed by atoms with Gasteiger partial charge in [-0.1, -0.05) is 56.8 Å². The van der Waals surface area contributed by atoms with Gasteiger partial charge in [0.2, 0.25) is 4.38 Å². The first kappa shape index (κ1) is 12.5. The molecule has 82 valence electrons. The summed E-state index contributed by atoms with van der Waals surface area (Å²) in [6.07, 6.45) is 0.976.